The van der Waals surface area contributed by atoms with Crippen LogP contribution in [0.25, 0.3) is 5.57 Å². The Kier molecular flexibility index (Phi) is 5.00. The number of hydrogen-bond donors (Lipinski definition) is 2. The molecule has 0 saturated heterocycles. The molecule has 0 atom stereocenters. The number of nitrogens with zero attached hydrogens (tertiary/aromatic N) is 4. The molecule has 0 aliphatic heterocycles. The summed E-state index contributed by atoms with van der Waals surface area (Å²) in [5.74, 6) is 1.14. The highest BCUT2D eigenvalue weighted by Gasteiger charge is 2.12. The van der Waals surface area contributed by atoms with Gasteiger partial charge in [-0.05, 0) is 71.7 Å². The van der Waals surface area contributed by atoms with Gasteiger partial charge in [-0.2, -0.15) is 15.5 Å². The summed E-state index contributed by atoms with van der Waals surface area (Å²) >= 11 is 0. The molecule has 1 aliphatic rings. The predicted molar refractivity (Wildman–Crippen MR) is 113 cm³/mol. The Morgan fingerprint density at radius 2 is 1.79 bits per heavy atom. The van der Waals surface area contributed by atoms with Gasteiger partial charge in [0.2, 0.25) is 5.95 Å². The average molecular weight is 376 g/mol. The van der Waals surface area contributed by atoms with Crippen LogP contribution in [0.1, 0.15) is 16.7 Å². The van der Waals surface area contributed by atoms with Gasteiger partial charge in [0.25, 0.3) is 0 Å². The highest BCUT2D eigenvalue weighted by Crippen LogP contribution is 2.31. The van der Waals surface area contributed by atoms with Gasteiger partial charge in [-0.1, -0.05) is 12.1 Å². The van der Waals surface area contributed by atoms with Crippen molar-refractivity contribution in [3.63, 3.8) is 0 Å². The minimum Gasteiger partial charge on any atom is -0.340 e. The molecule has 0 saturated carbocycles. The van der Waals surface area contributed by atoms with Gasteiger partial charge >= 0.3 is 0 Å². The number of benzene rings is 2. The van der Waals surface area contributed by atoms with Gasteiger partial charge < -0.3 is 10.6 Å². The minimum absolute atomic E-state index is 0.464. The zero-order chi connectivity index (χ0) is 20.1. The number of allylic oxidation sites excluding steroid dienone is 4. The lowest BCUT2D eigenvalue weighted by molar-refractivity contribution is 1.16. The molecule has 2 N–H and O–H groups in total. The fourth-order valence-electron chi connectivity index (χ4n) is 3.13. The summed E-state index contributed by atoms with van der Waals surface area (Å²) < 4.78 is 0. The van der Waals surface area contributed by atoms with Crippen LogP contribution in [0.15, 0.2) is 73.0 Å². The smallest absolute Gasteiger partial charge is 0.229 e. The molecule has 1 aromatic heterocycles. The number of anilines is 4. The van der Waals surface area contributed by atoms with Crippen LogP contribution in [0.4, 0.5) is 23.1 Å². The highest BCUT2D eigenvalue weighted by atomic mass is 15.1. The third-order valence-electron chi connectivity index (χ3n) is 4.49. The monoisotopic (exact) mass is 376 g/mol. The molecule has 0 radical (unpaired) electrons. The second-order valence-corrected chi connectivity index (χ2v) is 6.40. The molecule has 3 aromatic rings. The maximum Gasteiger partial charge on any atom is 0.229 e. The summed E-state index contributed by atoms with van der Waals surface area (Å²) in [6.45, 7) is 0. The van der Waals surface area contributed by atoms with Gasteiger partial charge in [-0.25, -0.2) is 4.98 Å². The second-order valence-electron chi connectivity index (χ2n) is 6.40. The lowest BCUT2D eigenvalue weighted by atomic mass is 10.0. The zero-order valence-electron chi connectivity index (χ0n) is 15.4. The van der Waals surface area contributed by atoms with E-state index in [9.17, 15) is 0 Å². The Morgan fingerprint density at radius 1 is 0.966 bits per heavy atom. The number of rotatable bonds is 5. The van der Waals surface area contributed by atoms with Crippen LogP contribution >= 0.6 is 0 Å². The van der Waals surface area contributed by atoms with Gasteiger partial charge in [0.15, 0.2) is 0 Å². The first-order valence-corrected chi connectivity index (χ1v) is 9.02. The van der Waals surface area contributed by atoms with Crippen molar-refractivity contribution in [1.29, 1.82) is 10.5 Å². The molecule has 0 amide bonds. The molecule has 0 spiro atoms. The lowest BCUT2D eigenvalue weighted by Crippen LogP contribution is -2.00. The first-order chi connectivity index (χ1) is 14.2. The van der Waals surface area contributed by atoms with E-state index in [1.165, 1.54) is 11.6 Å². The summed E-state index contributed by atoms with van der Waals surface area (Å²) in [4.78, 5) is 8.74. The molecule has 138 valence electrons. The Morgan fingerprint density at radius 3 is 2.59 bits per heavy atom. The van der Waals surface area contributed by atoms with E-state index < -0.39 is 0 Å². The standard InChI is InChI=1S/C23H16N6/c24-12-1-2-17-5-6-18-14-20(9-10-21(17)18)27-22-11-13-26-23(29-22)28-19-7-3-16(15-25)4-8-19/h1-5,7-11,13-14H,6H2,(H2,26,27,28,29)/b2-1+. The molecule has 6 heteroatoms. The fourth-order valence-corrected chi connectivity index (χ4v) is 3.13. The maximum absolute atomic E-state index is 8.88. The number of aromatic nitrogens is 2. The number of nitrogens with one attached hydrogen (secondary N) is 2. The number of fused-ring (bicyclic) bond motifs is 1. The van der Waals surface area contributed by atoms with Crippen LogP contribution in [0, 0.1) is 22.7 Å². The SMILES string of the molecule is N#C/C=C/C1=CCc2cc(Nc3ccnc(Nc4ccc(C#N)cc4)n3)ccc21. The molecular weight excluding hydrogens is 360 g/mol. The summed E-state index contributed by atoms with van der Waals surface area (Å²) in [6, 6.07) is 19.2. The Hall–Kier alpha value is -4.42. The van der Waals surface area contributed by atoms with E-state index >= 15 is 0 Å². The molecule has 6 nitrogen and oxygen atoms in total. The van der Waals surface area contributed by atoms with Gasteiger partial charge in [0, 0.05) is 23.6 Å². The van der Waals surface area contributed by atoms with Crippen LogP contribution < -0.4 is 10.6 Å². The highest BCUT2D eigenvalue weighted by molar-refractivity contribution is 5.81. The molecule has 0 fully saturated rings. The Balaban J connectivity index is 1.48. The number of nitriles is 2. The van der Waals surface area contributed by atoms with Crippen LogP contribution in [0.5, 0.6) is 0 Å². The summed E-state index contributed by atoms with van der Waals surface area (Å²) in [5, 5.41) is 24.0. The average Bonchev–Trinajstić information content (AvgIpc) is 3.15. The first-order valence-electron chi connectivity index (χ1n) is 9.02. The van der Waals surface area contributed by atoms with Crippen LogP contribution in [0.3, 0.4) is 0 Å². The fraction of sp³-hybridized carbons (Fsp3) is 0.0435. The topological polar surface area (TPSA) is 97.4 Å². The molecule has 29 heavy (non-hydrogen) atoms. The zero-order valence-corrected chi connectivity index (χ0v) is 15.4. The van der Waals surface area contributed by atoms with E-state index in [4.69, 9.17) is 10.5 Å². The summed E-state index contributed by atoms with van der Waals surface area (Å²) in [7, 11) is 0. The molecule has 4 rings (SSSR count). The molecule has 1 aliphatic carbocycles. The van der Waals surface area contributed by atoms with Crippen molar-refractivity contribution < 1.29 is 0 Å². The summed E-state index contributed by atoms with van der Waals surface area (Å²) in [5.41, 5.74) is 5.77. The molecule has 0 bridgehead atoms. The van der Waals surface area contributed by atoms with E-state index in [0.717, 1.165) is 28.9 Å². The van der Waals surface area contributed by atoms with Crippen molar-refractivity contribution >= 4 is 28.7 Å². The van der Waals surface area contributed by atoms with Crippen molar-refractivity contribution in [2.45, 2.75) is 6.42 Å². The third-order valence-corrected chi connectivity index (χ3v) is 4.49. The quantitative estimate of drug-likeness (QED) is 0.618. The van der Waals surface area contributed by atoms with E-state index in [1.807, 2.05) is 30.3 Å². The van der Waals surface area contributed by atoms with Gasteiger partial charge in [0.05, 0.1) is 17.7 Å². The van der Waals surface area contributed by atoms with Crippen LogP contribution in [0.2, 0.25) is 0 Å². The van der Waals surface area contributed by atoms with E-state index in [0.29, 0.717) is 17.3 Å². The van der Waals surface area contributed by atoms with Crippen LogP contribution in [-0.2, 0) is 6.42 Å². The number of hydrogen-bond acceptors (Lipinski definition) is 6. The molecule has 2 aromatic carbocycles. The van der Waals surface area contributed by atoms with Crippen molar-refractivity contribution in [2.75, 3.05) is 10.6 Å². The van der Waals surface area contributed by atoms with E-state index in [-0.39, 0.29) is 0 Å². The van der Waals surface area contributed by atoms with E-state index in [2.05, 4.69) is 44.9 Å². The van der Waals surface area contributed by atoms with E-state index in [1.54, 1.807) is 24.4 Å². The van der Waals surface area contributed by atoms with Crippen molar-refractivity contribution in [2.24, 2.45) is 0 Å². The minimum atomic E-state index is 0.464. The summed E-state index contributed by atoms with van der Waals surface area (Å²) in [6.07, 6.45) is 7.97. The second kappa shape index (κ2) is 8.08. The molecular formula is C23H16N6. The predicted octanol–water partition coefficient (Wildman–Crippen LogP) is 4.85. The molecule has 1 heterocycles. The lowest BCUT2D eigenvalue weighted by Gasteiger charge is -2.10. The molecule has 0 unspecified atom stereocenters. The van der Waals surface area contributed by atoms with Gasteiger partial charge in [-0.15, -0.1) is 0 Å². The van der Waals surface area contributed by atoms with Gasteiger partial charge in [-0.3, -0.25) is 0 Å². The first kappa shape index (κ1) is 18.0. The normalized spacial score (nSPS) is 12.0. The Labute approximate surface area is 168 Å². The van der Waals surface area contributed by atoms with Crippen molar-refractivity contribution in [3.8, 4) is 12.1 Å². The van der Waals surface area contributed by atoms with Crippen molar-refractivity contribution in [3.05, 3.63) is 89.6 Å². The Bertz CT molecular complexity index is 1190. The van der Waals surface area contributed by atoms with Gasteiger partial charge in [0.1, 0.15) is 5.82 Å². The third kappa shape index (κ3) is 4.13. The van der Waals surface area contributed by atoms with Crippen molar-refractivity contribution in [1.82, 2.24) is 9.97 Å². The van der Waals surface area contributed by atoms with Crippen LogP contribution in [-0.4, -0.2) is 9.97 Å². The maximum atomic E-state index is 8.88. The largest absolute Gasteiger partial charge is 0.340 e.